The highest BCUT2D eigenvalue weighted by atomic mass is 32.1. The van der Waals surface area contributed by atoms with Gasteiger partial charge in [0.05, 0.1) is 16.7 Å². The number of hydrogen-bond donors (Lipinski definition) is 1. The lowest BCUT2D eigenvalue weighted by molar-refractivity contribution is 0.167. The van der Waals surface area contributed by atoms with E-state index in [0.29, 0.717) is 0 Å². The Bertz CT molecular complexity index is 455. The smallest absolute Gasteiger partial charge is 0.0917 e. The van der Waals surface area contributed by atoms with E-state index < -0.39 is 6.10 Å². The van der Waals surface area contributed by atoms with Crippen LogP contribution in [0.5, 0.6) is 0 Å². The van der Waals surface area contributed by atoms with Crippen molar-refractivity contribution in [1.82, 2.24) is 9.59 Å². The highest BCUT2D eigenvalue weighted by Crippen LogP contribution is 2.24. The largest absolute Gasteiger partial charge is 0.387 e. The van der Waals surface area contributed by atoms with Crippen LogP contribution in [0.15, 0.2) is 30.3 Å². The van der Waals surface area contributed by atoms with Crippen LogP contribution in [0.3, 0.4) is 0 Å². The predicted octanol–water partition coefficient (Wildman–Crippen LogP) is 2.90. The summed E-state index contributed by atoms with van der Waals surface area (Å²) in [5.41, 5.74) is 2.17. The van der Waals surface area contributed by atoms with Crippen molar-refractivity contribution >= 4 is 11.5 Å². The number of aromatic nitrogens is 2. The maximum Gasteiger partial charge on any atom is 0.0917 e. The topological polar surface area (TPSA) is 46.0 Å². The summed E-state index contributed by atoms with van der Waals surface area (Å²) in [6.07, 6.45) is 2.32. The molecule has 0 saturated heterocycles. The molecule has 2 rings (SSSR count). The fourth-order valence-corrected chi connectivity index (χ4v) is 2.48. The average Bonchev–Trinajstić information content (AvgIpc) is 2.77. The number of benzene rings is 1. The Hall–Kier alpha value is -1.26. The van der Waals surface area contributed by atoms with Gasteiger partial charge in [-0.05, 0) is 43.3 Å². The van der Waals surface area contributed by atoms with Crippen molar-refractivity contribution in [3.05, 3.63) is 46.5 Å². The normalized spacial score (nSPS) is 12.6. The first-order chi connectivity index (χ1) is 8.27. The number of rotatable bonds is 5. The molecule has 4 heteroatoms. The number of aliphatic hydroxyl groups excluding tert-OH is 1. The van der Waals surface area contributed by atoms with Gasteiger partial charge >= 0.3 is 0 Å². The van der Waals surface area contributed by atoms with Crippen LogP contribution in [-0.4, -0.2) is 14.7 Å². The average molecular weight is 248 g/mol. The lowest BCUT2D eigenvalue weighted by atomic mass is 10.0. The summed E-state index contributed by atoms with van der Waals surface area (Å²) in [6, 6.07) is 10.3. The Balaban J connectivity index is 1.81. The van der Waals surface area contributed by atoms with Crippen LogP contribution < -0.4 is 0 Å². The van der Waals surface area contributed by atoms with Gasteiger partial charge in [0.25, 0.3) is 0 Å². The maximum absolute atomic E-state index is 10.00. The van der Waals surface area contributed by atoms with E-state index in [1.54, 1.807) is 0 Å². The van der Waals surface area contributed by atoms with Gasteiger partial charge in [0, 0.05) is 0 Å². The van der Waals surface area contributed by atoms with E-state index in [2.05, 4.69) is 21.7 Å². The summed E-state index contributed by atoms with van der Waals surface area (Å²) in [5, 5.41) is 13.9. The molecule has 1 unspecified atom stereocenters. The van der Waals surface area contributed by atoms with Gasteiger partial charge in [-0.25, -0.2) is 0 Å². The van der Waals surface area contributed by atoms with E-state index in [4.69, 9.17) is 0 Å². The molecule has 1 N–H and O–H groups in total. The molecule has 0 amide bonds. The second-order valence-corrected chi connectivity index (χ2v) is 4.90. The molecule has 0 aliphatic rings. The minimum Gasteiger partial charge on any atom is -0.387 e. The molecule has 0 radical (unpaired) electrons. The molecule has 2 aromatic rings. The van der Waals surface area contributed by atoms with Crippen LogP contribution in [-0.2, 0) is 6.42 Å². The van der Waals surface area contributed by atoms with Crippen LogP contribution in [0, 0.1) is 6.92 Å². The van der Waals surface area contributed by atoms with Gasteiger partial charge in [-0.3, -0.25) is 0 Å². The van der Waals surface area contributed by atoms with Gasteiger partial charge in [-0.15, -0.1) is 5.10 Å². The standard InChI is InChI=1S/C13H16N2OS/c1-10-13(17-15-14-10)12(16)9-5-8-11-6-3-2-4-7-11/h2-4,6-7,12,16H,5,8-9H2,1H3. The minimum absolute atomic E-state index is 0.418. The Labute approximate surface area is 105 Å². The van der Waals surface area contributed by atoms with Crippen LogP contribution in [0.1, 0.15) is 35.1 Å². The molecule has 0 aliphatic heterocycles. The summed E-state index contributed by atoms with van der Waals surface area (Å²) in [6.45, 7) is 1.89. The van der Waals surface area contributed by atoms with Gasteiger partial charge in [-0.2, -0.15) is 0 Å². The maximum atomic E-state index is 10.00. The first kappa shape index (κ1) is 12.2. The third-order valence-electron chi connectivity index (χ3n) is 2.78. The minimum atomic E-state index is -0.418. The van der Waals surface area contributed by atoms with Gasteiger partial charge < -0.3 is 5.11 Å². The van der Waals surface area contributed by atoms with Gasteiger partial charge in [0.15, 0.2) is 0 Å². The Kier molecular flexibility index (Phi) is 4.23. The zero-order valence-electron chi connectivity index (χ0n) is 9.84. The van der Waals surface area contributed by atoms with E-state index in [1.165, 1.54) is 17.1 Å². The summed E-state index contributed by atoms with van der Waals surface area (Å²) in [4.78, 5) is 0.901. The van der Waals surface area contributed by atoms with Gasteiger partial charge in [0.2, 0.25) is 0 Å². The van der Waals surface area contributed by atoms with Gasteiger partial charge in [-0.1, -0.05) is 34.8 Å². The fraction of sp³-hybridized carbons (Fsp3) is 0.385. The highest BCUT2D eigenvalue weighted by Gasteiger charge is 2.13. The monoisotopic (exact) mass is 248 g/mol. The van der Waals surface area contributed by atoms with Crippen molar-refractivity contribution in [3.8, 4) is 0 Å². The van der Waals surface area contributed by atoms with Crippen LogP contribution >= 0.6 is 11.5 Å². The molecule has 3 nitrogen and oxygen atoms in total. The summed E-state index contributed by atoms with van der Waals surface area (Å²) < 4.78 is 3.84. The molecule has 0 saturated carbocycles. The van der Waals surface area contributed by atoms with Crippen molar-refractivity contribution < 1.29 is 5.11 Å². The molecule has 17 heavy (non-hydrogen) atoms. The molecule has 1 heterocycles. The zero-order valence-corrected chi connectivity index (χ0v) is 10.7. The van der Waals surface area contributed by atoms with Crippen molar-refractivity contribution in [2.45, 2.75) is 32.3 Å². The lowest BCUT2D eigenvalue weighted by Crippen LogP contribution is -1.98. The van der Waals surface area contributed by atoms with Crippen molar-refractivity contribution in [1.29, 1.82) is 0 Å². The van der Waals surface area contributed by atoms with Crippen molar-refractivity contribution in [3.63, 3.8) is 0 Å². The van der Waals surface area contributed by atoms with Crippen molar-refractivity contribution in [2.24, 2.45) is 0 Å². The van der Waals surface area contributed by atoms with E-state index in [9.17, 15) is 5.11 Å². The molecular weight excluding hydrogens is 232 g/mol. The third kappa shape index (κ3) is 3.35. The number of hydrogen-bond acceptors (Lipinski definition) is 4. The van der Waals surface area contributed by atoms with E-state index in [0.717, 1.165) is 29.8 Å². The predicted molar refractivity (Wildman–Crippen MR) is 69.0 cm³/mol. The lowest BCUT2D eigenvalue weighted by Gasteiger charge is -2.08. The molecular formula is C13H16N2OS. The molecule has 1 aromatic heterocycles. The molecule has 0 bridgehead atoms. The SMILES string of the molecule is Cc1nnsc1C(O)CCCc1ccccc1. The molecule has 0 fully saturated rings. The molecule has 90 valence electrons. The summed E-state index contributed by atoms with van der Waals surface area (Å²) in [7, 11) is 0. The Morgan fingerprint density at radius 2 is 2.06 bits per heavy atom. The Morgan fingerprint density at radius 1 is 1.29 bits per heavy atom. The fourth-order valence-electron chi connectivity index (χ4n) is 1.82. The number of aliphatic hydroxyl groups is 1. The highest BCUT2D eigenvalue weighted by molar-refractivity contribution is 7.05. The van der Waals surface area contributed by atoms with E-state index in [-0.39, 0.29) is 0 Å². The number of aryl methyl sites for hydroxylation is 2. The first-order valence-electron chi connectivity index (χ1n) is 5.78. The molecule has 1 aromatic carbocycles. The molecule has 0 spiro atoms. The Morgan fingerprint density at radius 3 is 2.71 bits per heavy atom. The molecule has 1 atom stereocenters. The quantitative estimate of drug-likeness (QED) is 0.885. The molecule has 0 aliphatic carbocycles. The van der Waals surface area contributed by atoms with E-state index in [1.807, 2.05) is 25.1 Å². The second kappa shape index (κ2) is 5.89. The summed E-state index contributed by atoms with van der Waals surface area (Å²) in [5.74, 6) is 0. The van der Waals surface area contributed by atoms with Crippen LogP contribution in [0.4, 0.5) is 0 Å². The number of nitrogens with zero attached hydrogens (tertiary/aromatic N) is 2. The third-order valence-corrected chi connectivity index (χ3v) is 3.70. The summed E-state index contributed by atoms with van der Waals surface area (Å²) >= 11 is 1.29. The zero-order chi connectivity index (χ0) is 12.1. The van der Waals surface area contributed by atoms with Crippen molar-refractivity contribution in [2.75, 3.05) is 0 Å². The van der Waals surface area contributed by atoms with Crippen LogP contribution in [0.25, 0.3) is 0 Å². The second-order valence-electron chi connectivity index (χ2n) is 4.12. The van der Waals surface area contributed by atoms with E-state index >= 15 is 0 Å². The first-order valence-corrected chi connectivity index (χ1v) is 6.55. The van der Waals surface area contributed by atoms with Gasteiger partial charge in [0.1, 0.15) is 0 Å². The van der Waals surface area contributed by atoms with Crippen LogP contribution in [0.2, 0.25) is 0 Å².